The number of hydrogen-bond donors (Lipinski definition) is 0. The number of hydrogen-bond acceptors (Lipinski definition) is 1. The van der Waals surface area contributed by atoms with Crippen molar-refractivity contribution in [2.45, 2.75) is 20.0 Å². The predicted octanol–water partition coefficient (Wildman–Crippen LogP) is 4.28. The fourth-order valence-corrected chi connectivity index (χ4v) is 1.69. The molecular weight excluding hydrogens is 215 g/mol. The van der Waals surface area contributed by atoms with Crippen LogP contribution in [0.25, 0.3) is 11.1 Å². The number of ether oxygens (including phenoxy) is 1. The highest BCUT2D eigenvalue weighted by atomic mass is 19.1. The van der Waals surface area contributed by atoms with Crippen LogP contribution in [0.5, 0.6) is 5.75 Å². The summed E-state index contributed by atoms with van der Waals surface area (Å²) >= 11 is 0. The molecule has 0 radical (unpaired) electrons. The van der Waals surface area contributed by atoms with Crippen LogP contribution in [0.3, 0.4) is 0 Å². The molecule has 0 aliphatic heterocycles. The van der Waals surface area contributed by atoms with E-state index < -0.39 is 0 Å². The summed E-state index contributed by atoms with van der Waals surface area (Å²) in [7, 11) is 0. The smallest absolute Gasteiger partial charge is 0.134 e. The molecule has 0 bridgehead atoms. The fraction of sp³-hybridized carbons (Fsp3) is 0.200. The lowest BCUT2D eigenvalue weighted by atomic mass is 10.1. The average Bonchev–Trinajstić information content (AvgIpc) is 2.29. The summed E-state index contributed by atoms with van der Waals surface area (Å²) in [4.78, 5) is 0. The molecule has 2 heteroatoms. The average molecular weight is 230 g/mol. The Morgan fingerprint density at radius 1 is 1.00 bits per heavy atom. The van der Waals surface area contributed by atoms with E-state index in [0.717, 1.165) is 5.56 Å². The number of rotatable bonds is 3. The van der Waals surface area contributed by atoms with Crippen LogP contribution in [0.2, 0.25) is 0 Å². The van der Waals surface area contributed by atoms with Crippen LogP contribution in [0, 0.1) is 5.82 Å². The minimum absolute atomic E-state index is 0.0528. The van der Waals surface area contributed by atoms with E-state index in [-0.39, 0.29) is 11.9 Å². The lowest BCUT2D eigenvalue weighted by Gasteiger charge is -2.11. The second-order valence-corrected chi connectivity index (χ2v) is 4.17. The van der Waals surface area contributed by atoms with Crippen molar-refractivity contribution < 1.29 is 9.13 Å². The standard InChI is InChI=1S/C15H15FO/c1-11(2)17-13-8-9-14(15(16)10-13)12-6-4-3-5-7-12/h3-11H,1-2H3. The van der Waals surface area contributed by atoms with Crippen LogP contribution in [0.1, 0.15) is 13.8 Å². The third-order valence-corrected chi connectivity index (χ3v) is 2.40. The van der Waals surface area contributed by atoms with Crippen molar-refractivity contribution in [1.82, 2.24) is 0 Å². The molecule has 0 amide bonds. The maximum absolute atomic E-state index is 13.9. The first kappa shape index (κ1) is 11.6. The zero-order chi connectivity index (χ0) is 12.3. The molecule has 0 spiro atoms. The molecule has 0 aromatic heterocycles. The lowest BCUT2D eigenvalue weighted by molar-refractivity contribution is 0.241. The molecule has 2 aromatic carbocycles. The van der Waals surface area contributed by atoms with Gasteiger partial charge >= 0.3 is 0 Å². The zero-order valence-electron chi connectivity index (χ0n) is 9.98. The van der Waals surface area contributed by atoms with Crippen LogP contribution in [-0.4, -0.2) is 6.10 Å². The summed E-state index contributed by atoms with van der Waals surface area (Å²) in [6.45, 7) is 3.84. The molecule has 0 saturated carbocycles. The Kier molecular flexibility index (Phi) is 3.43. The van der Waals surface area contributed by atoms with E-state index in [1.807, 2.05) is 44.2 Å². The van der Waals surface area contributed by atoms with E-state index in [4.69, 9.17) is 4.74 Å². The van der Waals surface area contributed by atoms with E-state index >= 15 is 0 Å². The van der Waals surface area contributed by atoms with Crippen LogP contribution in [-0.2, 0) is 0 Å². The Morgan fingerprint density at radius 3 is 2.29 bits per heavy atom. The molecule has 0 heterocycles. The molecule has 0 atom stereocenters. The number of halogens is 1. The highest BCUT2D eigenvalue weighted by molar-refractivity contribution is 5.64. The maximum atomic E-state index is 13.9. The first-order chi connectivity index (χ1) is 8.16. The third-order valence-electron chi connectivity index (χ3n) is 2.40. The van der Waals surface area contributed by atoms with Gasteiger partial charge in [-0.3, -0.25) is 0 Å². The molecule has 0 saturated heterocycles. The third kappa shape index (κ3) is 2.84. The summed E-state index contributed by atoms with van der Waals surface area (Å²) in [5.74, 6) is 0.312. The van der Waals surface area contributed by atoms with Gasteiger partial charge in [-0.1, -0.05) is 30.3 Å². The Bertz CT molecular complexity index is 492. The molecular formula is C15H15FO. The van der Waals surface area contributed by atoms with E-state index in [1.165, 1.54) is 6.07 Å². The van der Waals surface area contributed by atoms with E-state index in [2.05, 4.69) is 0 Å². The molecule has 0 unspecified atom stereocenters. The normalized spacial score (nSPS) is 10.6. The molecule has 0 aliphatic carbocycles. The summed E-state index contributed by atoms with van der Waals surface area (Å²) < 4.78 is 19.4. The highest BCUT2D eigenvalue weighted by Gasteiger charge is 2.07. The van der Waals surface area contributed by atoms with Gasteiger partial charge in [0.25, 0.3) is 0 Å². The molecule has 2 rings (SSSR count). The van der Waals surface area contributed by atoms with Crippen molar-refractivity contribution in [2.75, 3.05) is 0 Å². The van der Waals surface area contributed by atoms with Gasteiger partial charge in [0.05, 0.1) is 6.10 Å². The van der Waals surface area contributed by atoms with Gasteiger partial charge in [-0.05, 0) is 31.5 Å². The van der Waals surface area contributed by atoms with E-state index in [0.29, 0.717) is 11.3 Å². The Morgan fingerprint density at radius 2 is 1.71 bits per heavy atom. The monoisotopic (exact) mass is 230 g/mol. The topological polar surface area (TPSA) is 9.23 Å². The van der Waals surface area contributed by atoms with Crippen LogP contribution in [0.4, 0.5) is 4.39 Å². The molecule has 2 aromatic rings. The van der Waals surface area contributed by atoms with Gasteiger partial charge in [-0.2, -0.15) is 0 Å². The Balaban J connectivity index is 2.32. The van der Waals surface area contributed by atoms with Gasteiger partial charge in [-0.15, -0.1) is 0 Å². The van der Waals surface area contributed by atoms with Crippen LogP contribution < -0.4 is 4.74 Å². The molecule has 0 fully saturated rings. The fourth-order valence-electron chi connectivity index (χ4n) is 1.69. The van der Waals surface area contributed by atoms with Crippen LogP contribution in [0.15, 0.2) is 48.5 Å². The second kappa shape index (κ2) is 5.00. The predicted molar refractivity (Wildman–Crippen MR) is 67.6 cm³/mol. The van der Waals surface area contributed by atoms with Gasteiger partial charge in [0, 0.05) is 11.6 Å². The number of benzene rings is 2. The molecule has 1 nitrogen and oxygen atoms in total. The highest BCUT2D eigenvalue weighted by Crippen LogP contribution is 2.26. The van der Waals surface area contributed by atoms with Crippen molar-refractivity contribution >= 4 is 0 Å². The van der Waals surface area contributed by atoms with Gasteiger partial charge in [0.2, 0.25) is 0 Å². The van der Waals surface area contributed by atoms with Gasteiger partial charge < -0.3 is 4.74 Å². The zero-order valence-corrected chi connectivity index (χ0v) is 9.98. The summed E-state index contributed by atoms with van der Waals surface area (Å²) in [5, 5.41) is 0. The molecule has 88 valence electrons. The molecule has 17 heavy (non-hydrogen) atoms. The maximum Gasteiger partial charge on any atom is 0.134 e. The Labute approximate surface area is 101 Å². The quantitative estimate of drug-likeness (QED) is 0.764. The van der Waals surface area contributed by atoms with Crippen molar-refractivity contribution in [3.8, 4) is 16.9 Å². The van der Waals surface area contributed by atoms with Gasteiger partial charge in [0.15, 0.2) is 0 Å². The van der Waals surface area contributed by atoms with Gasteiger partial charge in [-0.25, -0.2) is 4.39 Å². The van der Waals surface area contributed by atoms with Crippen molar-refractivity contribution in [2.24, 2.45) is 0 Å². The summed E-state index contributed by atoms with van der Waals surface area (Å²) in [6.07, 6.45) is 0.0528. The van der Waals surface area contributed by atoms with Crippen molar-refractivity contribution in [3.63, 3.8) is 0 Å². The minimum Gasteiger partial charge on any atom is -0.491 e. The summed E-state index contributed by atoms with van der Waals surface area (Å²) in [6, 6.07) is 14.5. The first-order valence-corrected chi connectivity index (χ1v) is 5.68. The van der Waals surface area contributed by atoms with Crippen LogP contribution >= 0.6 is 0 Å². The molecule has 0 N–H and O–H groups in total. The Hall–Kier alpha value is -1.83. The first-order valence-electron chi connectivity index (χ1n) is 5.68. The van der Waals surface area contributed by atoms with Crippen molar-refractivity contribution in [1.29, 1.82) is 0 Å². The SMILES string of the molecule is CC(C)Oc1ccc(-c2ccccc2)c(F)c1. The van der Waals surface area contributed by atoms with E-state index in [9.17, 15) is 4.39 Å². The second-order valence-electron chi connectivity index (χ2n) is 4.17. The minimum atomic E-state index is -0.255. The summed E-state index contributed by atoms with van der Waals surface area (Å²) in [5.41, 5.74) is 1.47. The van der Waals surface area contributed by atoms with E-state index in [1.54, 1.807) is 12.1 Å². The largest absolute Gasteiger partial charge is 0.491 e. The van der Waals surface area contributed by atoms with Crippen molar-refractivity contribution in [3.05, 3.63) is 54.3 Å². The lowest BCUT2D eigenvalue weighted by Crippen LogP contribution is -2.05. The molecule has 0 aliphatic rings. The van der Waals surface area contributed by atoms with Gasteiger partial charge in [0.1, 0.15) is 11.6 Å².